The number of hydrogen-bond donors (Lipinski definition) is 0. The number of carbonyl (C=O) groups is 2. The van der Waals surface area contributed by atoms with Gasteiger partial charge in [0.05, 0.1) is 25.5 Å². The molecule has 1 saturated heterocycles. The summed E-state index contributed by atoms with van der Waals surface area (Å²) in [6, 6.07) is 8.29. The van der Waals surface area contributed by atoms with Crippen molar-refractivity contribution in [2.45, 2.75) is 18.6 Å². The monoisotopic (exact) mass is 452 g/mol. The number of methoxy groups -OCH3 is 2. The second-order valence-corrected chi connectivity index (χ2v) is 7.26. The maximum atomic E-state index is 13.2. The molecule has 0 saturated carbocycles. The zero-order chi connectivity index (χ0) is 23.1. The van der Waals surface area contributed by atoms with Crippen LogP contribution in [0.5, 0.6) is 11.5 Å². The van der Waals surface area contributed by atoms with E-state index < -0.39 is 29.7 Å². The largest absolute Gasteiger partial charge is 0.497 e. The molecule has 0 unspecified atom stereocenters. The lowest BCUT2D eigenvalue weighted by Gasteiger charge is -2.19. The fourth-order valence-corrected chi connectivity index (χ4v) is 3.75. The van der Waals surface area contributed by atoms with Gasteiger partial charge in [0.25, 0.3) is 11.8 Å². The predicted octanol–water partition coefficient (Wildman–Crippen LogP) is 2.39. The van der Waals surface area contributed by atoms with Crippen LogP contribution in [0, 0.1) is 5.82 Å². The van der Waals surface area contributed by atoms with E-state index in [0.29, 0.717) is 17.1 Å². The quantitative estimate of drug-likeness (QED) is 0.523. The van der Waals surface area contributed by atoms with Gasteiger partial charge in [0.1, 0.15) is 23.9 Å². The highest BCUT2D eigenvalue weighted by atomic mass is 19.1. The van der Waals surface area contributed by atoms with E-state index >= 15 is 0 Å². The van der Waals surface area contributed by atoms with E-state index in [-0.39, 0.29) is 23.9 Å². The number of hydrogen-bond acceptors (Lipinski definition) is 10. The minimum Gasteiger partial charge on any atom is -0.497 e. The molecule has 0 radical (unpaired) electrons. The van der Waals surface area contributed by atoms with Crippen molar-refractivity contribution >= 4 is 17.5 Å². The molecule has 168 valence electrons. The number of anilines is 1. The van der Waals surface area contributed by atoms with Gasteiger partial charge in [0, 0.05) is 6.07 Å². The molecule has 2 atom stereocenters. The van der Waals surface area contributed by atoms with E-state index in [1.54, 1.807) is 25.3 Å². The van der Waals surface area contributed by atoms with Crippen LogP contribution in [0.3, 0.4) is 0 Å². The number of nitrogens with zero attached hydrogens (tertiary/aromatic N) is 6. The van der Waals surface area contributed by atoms with Crippen LogP contribution in [0.4, 0.5) is 10.1 Å². The number of ether oxygens (including phenoxy) is 2. The molecule has 3 aromatic rings. The first-order chi connectivity index (χ1) is 16.0. The average molecular weight is 452 g/mol. The number of imide groups is 1. The van der Waals surface area contributed by atoms with E-state index in [0.717, 1.165) is 4.90 Å². The standard InChI is InChI=1S/C21H17FN6O5/c1-31-13-7-8-14(15(9-13)32-2)19-23-16(33-25-19)10-27-18-17(24-26-27)20(29)28(21(18)30)12-5-3-11(22)4-6-12/h3-9,17-18H,10H2,1-2H3/t17-,18-/m1/s1. The molecule has 0 N–H and O–H groups in total. The molecule has 0 spiro atoms. The van der Waals surface area contributed by atoms with Crippen LogP contribution in [-0.2, 0) is 16.1 Å². The summed E-state index contributed by atoms with van der Waals surface area (Å²) in [5, 5.41) is 13.2. The Labute approximate surface area is 186 Å². The van der Waals surface area contributed by atoms with E-state index in [1.165, 1.54) is 36.4 Å². The highest BCUT2D eigenvalue weighted by molar-refractivity contribution is 6.25. The highest BCUT2D eigenvalue weighted by Gasteiger charge is 2.55. The number of amides is 2. The number of carbonyl (C=O) groups excluding carboxylic acids is 2. The first-order valence-electron chi connectivity index (χ1n) is 9.86. The maximum absolute atomic E-state index is 13.2. The van der Waals surface area contributed by atoms with Crippen molar-refractivity contribution in [3.05, 3.63) is 54.2 Å². The molecule has 3 heterocycles. The lowest BCUT2D eigenvalue weighted by Crippen LogP contribution is -2.39. The Morgan fingerprint density at radius 3 is 2.58 bits per heavy atom. The number of benzene rings is 2. The summed E-state index contributed by atoms with van der Waals surface area (Å²) in [5.41, 5.74) is 0.853. The molecule has 2 aromatic carbocycles. The lowest BCUT2D eigenvalue weighted by molar-refractivity contribution is -0.123. The Hall–Kier alpha value is -4.35. The third-order valence-electron chi connectivity index (χ3n) is 5.36. The van der Waals surface area contributed by atoms with Gasteiger partial charge >= 0.3 is 0 Å². The molecule has 2 amide bonds. The van der Waals surface area contributed by atoms with Gasteiger partial charge in [0.15, 0.2) is 12.1 Å². The first kappa shape index (κ1) is 20.5. The van der Waals surface area contributed by atoms with Crippen molar-refractivity contribution in [1.82, 2.24) is 15.1 Å². The fraction of sp³-hybridized carbons (Fsp3) is 0.238. The fourth-order valence-electron chi connectivity index (χ4n) is 3.75. The van der Waals surface area contributed by atoms with Gasteiger partial charge < -0.3 is 14.0 Å². The summed E-state index contributed by atoms with van der Waals surface area (Å²) in [7, 11) is 3.06. The molecule has 12 heteroatoms. The molecule has 1 fully saturated rings. The highest BCUT2D eigenvalue weighted by Crippen LogP contribution is 2.34. The number of aromatic nitrogens is 2. The van der Waals surface area contributed by atoms with Crippen LogP contribution in [-0.4, -0.2) is 53.3 Å². The summed E-state index contributed by atoms with van der Waals surface area (Å²) in [6.45, 7) is -0.0353. The Bertz CT molecular complexity index is 1260. The summed E-state index contributed by atoms with van der Waals surface area (Å²) >= 11 is 0. The van der Waals surface area contributed by atoms with Gasteiger partial charge in [-0.25, -0.2) is 9.29 Å². The Kier molecular flexibility index (Phi) is 4.96. The lowest BCUT2D eigenvalue weighted by atomic mass is 10.1. The van der Waals surface area contributed by atoms with Crippen LogP contribution in [0.2, 0.25) is 0 Å². The number of halogens is 1. The van der Waals surface area contributed by atoms with Gasteiger partial charge in [-0.2, -0.15) is 10.1 Å². The Morgan fingerprint density at radius 2 is 1.85 bits per heavy atom. The smallest absolute Gasteiger partial charge is 0.263 e. The molecular weight excluding hydrogens is 435 g/mol. The zero-order valence-corrected chi connectivity index (χ0v) is 17.5. The van der Waals surface area contributed by atoms with Crippen molar-refractivity contribution in [3.8, 4) is 22.9 Å². The van der Waals surface area contributed by atoms with Gasteiger partial charge in [0.2, 0.25) is 11.7 Å². The second-order valence-electron chi connectivity index (χ2n) is 7.26. The van der Waals surface area contributed by atoms with Crippen molar-refractivity contribution in [3.63, 3.8) is 0 Å². The summed E-state index contributed by atoms with van der Waals surface area (Å²) < 4.78 is 29.1. The van der Waals surface area contributed by atoms with Gasteiger partial charge in [-0.3, -0.25) is 14.6 Å². The topological polar surface area (TPSA) is 123 Å². The van der Waals surface area contributed by atoms with Gasteiger partial charge in [-0.15, -0.1) is 0 Å². The molecule has 0 bridgehead atoms. The molecule has 2 aliphatic rings. The molecule has 11 nitrogen and oxygen atoms in total. The van der Waals surface area contributed by atoms with Crippen molar-refractivity contribution < 1.29 is 28.0 Å². The maximum Gasteiger partial charge on any atom is 0.263 e. The van der Waals surface area contributed by atoms with Gasteiger partial charge in [-0.05, 0) is 36.4 Å². The number of fused-ring (bicyclic) bond motifs is 1. The predicted molar refractivity (Wildman–Crippen MR) is 110 cm³/mol. The summed E-state index contributed by atoms with van der Waals surface area (Å²) in [4.78, 5) is 31.1. The van der Waals surface area contributed by atoms with Crippen molar-refractivity contribution in [2.75, 3.05) is 19.1 Å². The van der Waals surface area contributed by atoms with E-state index in [2.05, 4.69) is 20.5 Å². The Morgan fingerprint density at radius 1 is 1.06 bits per heavy atom. The number of rotatable bonds is 6. The summed E-state index contributed by atoms with van der Waals surface area (Å²) in [5.74, 6) is 0.0317. The zero-order valence-electron chi connectivity index (χ0n) is 17.5. The van der Waals surface area contributed by atoms with Crippen molar-refractivity contribution in [1.29, 1.82) is 0 Å². The third kappa shape index (κ3) is 3.45. The SMILES string of the molecule is COc1ccc(-c2noc(CN3N=N[C@H]4C(=O)N(c5ccc(F)cc5)C(=O)[C@@H]43)n2)c(OC)c1. The van der Waals surface area contributed by atoms with Crippen LogP contribution < -0.4 is 14.4 Å². The molecule has 5 rings (SSSR count). The molecule has 1 aromatic heterocycles. The van der Waals surface area contributed by atoms with E-state index in [4.69, 9.17) is 14.0 Å². The molecule has 33 heavy (non-hydrogen) atoms. The molecule has 0 aliphatic carbocycles. The van der Waals surface area contributed by atoms with Crippen molar-refractivity contribution in [2.24, 2.45) is 10.3 Å². The van der Waals surface area contributed by atoms with E-state index in [1.807, 2.05) is 0 Å². The molecular formula is C21H17FN6O5. The van der Waals surface area contributed by atoms with Gasteiger partial charge in [-0.1, -0.05) is 10.4 Å². The first-order valence-corrected chi connectivity index (χ1v) is 9.86. The minimum atomic E-state index is -0.994. The van der Waals surface area contributed by atoms with E-state index in [9.17, 15) is 14.0 Å². The average Bonchev–Trinajstić information content (AvgIpc) is 3.52. The normalized spacial score (nSPS) is 19.4. The summed E-state index contributed by atoms with van der Waals surface area (Å²) in [6.07, 6.45) is 0. The van der Waals surface area contributed by atoms with Crippen LogP contribution in [0.25, 0.3) is 11.4 Å². The van der Waals surface area contributed by atoms with Crippen LogP contribution in [0.15, 0.2) is 57.3 Å². The third-order valence-corrected chi connectivity index (χ3v) is 5.36. The second kappa shape index (κ2) is 7.97. The molecule has 2 aliphatic heterocycles. The Balaban J connectivity index is 1.36. The minimum absolute atomic E-state index is 0.0353. The van der Waals surface area contributed by atoms with Crippen LogP contribution >= 0.6 is 0 Å². The van der Waals surface area contributed by atoms with Crippen LogP contribution in [0.1, 0.15) is 5.89 Å².